The minimum atomic E-state index is -2.81. The summed E-state index contributed by atoms with van der Waals surface area (Å²) < 4.78 is 34.1. The molecule has 3 aromatic heterocycles. The number of para-hydroxylation sites is 1. The predicted octanol–water partition coefficient (Wildman–Crippen LogP) is 6.19. The second kappa shape index (κ2) is 9.69. The largest absolute Gasteiger partial charge is 0.494 e. The van der Waals surface area contributed by atoms with Crippen LogP contribution < -0.4 is 10.1 Å². The third-order valence-electron chi connectivity index (χ3n) is 8.87. The molecule has 0 amide bonds. The molecule has 0 radical (unpaired) electrons. The molecule has 0 bridgehead atoms. The van der Waals surface area contributed by atoms with Gasteiger partial charge in [-0.3, -0.25) is 4.98 Å². The Morgan fingerprint density at radius 1 is 1.02 bits per heavy atom. The molecule has 5 aromatic rings. The SMILES string of the molecule is COc1cccc2c1nc(NCc1ccc(C)c(C)c1)n1nc(C3CC(c4ccc(C5(O)CC(F)(F)C5)cn4)C3)nc21. The van der Waals surface area contributed by atoms with Crippen molar-refractivity contribution in [2.45, 2.75) is 69.4 Å². The number of hydrogen-bond donors (Lipinski definition) is 2. The van der Waals surface area contributed by atoms with E-state index in [9.17, 15) is 13.9 Å². The van der Waals surface area contributed by atoms with Crippen LogP contribution in [0.5, 0.6) is 5.75 Å². The number of nitrogens with one attached hydrogen (secondary N) is 1. The molecule has 0 spiro atoms. The molecule has 10 heteroatoms. The van der Waals surface area contributed by atoms with Crippen molar-refractivity contribution in [2.24, 2.45) is 0 Å². The monoisotopic (exact) mass is 570 g/mol. The molecule has 2 fully saturated rings. The summed E-state index contributed by atoms with van der Waals surface area (Å²) in [4.78, 5) is 14.4. The second-order valence-corrected chi connectivity index (χ2v) is 11.8. The van der Waals surface area contributed by atoms with Gasteiger partial charge in [0.1, 0.15) is 16.9 Å². The Bertz CT molecular complexity index is 1810. The number of rotatable bonds is 7. The van der Waals surface area contributed by atoms with E-state index in [-0.39, 0.29) is 11.8 Å². The molecule has 0 unspecified atom stereocenters. The van der Waals surface area contributed by atoms with Gasteiger partial charge in [0.15, 0.2) is 11.5 Å². The fraction of sp³-hybridized carbons (Fsp3) is 0.375. The van der Waals surface area contributed by atoms with Gasteiger partial charge in [-0.25, -0.2) is 18.7 Å². The number of fused-ring (bicyclic) bond motifs is 3. The first-order chi connectivity index (χ1) is 20.1. The minimum absolute atomic E-state index is 0.152. The average Bonchev–Trinajstić information content (AvgIpc) is 3.37. The molecule has 7 rings (SSSR count). The van der Waals surface area contributed by atoms with Crippen molar-refractivity contribution >= 4 is 22.5 Å². The molecule has 3 heterocycles. The van der Waals surface area contributed by atoms with Crippen LogP contribution in [0.1, 0.15) is 71.3 Å². The summed E-state index contributed by atoms with van der Waals surface area (Å²) in [7, 11) is 1.63. The molecule has 0 atom stereocenters. The van der Waals surface area contributed by atoms with Gasteiger partial charge >= 0.3 is 0 Å². The summed E-state index contributed by atoms with van der Waals surface area (Å²) in [6.07, 6.45) is 2.09. The highest BCUT2D eigenvalue weighted by Crippen LogP contribution is 2.52. The predicted molar refractivity (Wildman–Crippen MR) is 155 cm³/mol. The Hall–Kier alpha value is -4.18. The maximum Gasteiger partial charge on any atom is 0.254 e. The normalized spacial score (nSPS) is 20.7. The molecule has 2 N–H and O–H groups in total. The zero-order chi connectivity index (χ0) is 29.2. The number of methoxy groups -OCH3 is 1. The van der Waals surface area contributed by atoms with E-state index < -0.39 is 24.4 Å². The van der Waals surface area contributed by atoms with Gasteiger partial charge < -0.3 is 15.2 Å². The number of hydrogen-bond acceptors (Lipinski definition) is 7. The van der Waals surface area contributed by atoms with E-state index in [0.29, 0.717) is 29.5 Å². The maximum atomic E-state index is 13.4. The topological polar surface area (TPSA) is 97.5 Å². The lowest BCUT2D eigenvalue weighted by Crippen LogP contribution is -2.49. The average molecular weight is 571 g/mol. The Labute approximate surface area is 241 Å². The quantitative estimate of drug-likeness (QED) is 0.241. The molecule has 42 heavy (non-hydrogen) atoms. The molecule has 8 nitrogen and oxygen atoms in total. The third-order valence-corrected chi connectivity index (χ3v) is 8.87. The first-order valence-electron chi connectivity index (χ1n) is 14.2. The Morgan fingerprint density at radius 2 is 1.83 bits per heavy atom. The van der Waals surface area contributed by atoms with Gasteiger partial charge in [0.2, 0.25) is 5.95 Å². The molecule has 2 aliphatic carbocycles. The minimum Gasteiger partial charge on any atom is -0.494 e. The first kappa shape index (κ1) is 26.7. The smallest absolute Gasteiger partial charge is 0.254 e. The molecule has 2 aromatic carbocycles. The number of pyridine rings is 1. The van der Waals surface area contributed by atoms with Gasteiger partial charge in [-0.15, -0.1) is 5.10 Å². The van der Waals surface area contributed by atoms with Crippen molar-refractivity contribution in [1.82, 2.24) is 24.6 Å². The number of halogens is 2. The lowest BCUT2D eigenvalue weighted by Gasteiger charge is -2.43. The number of ether oxygens (including phenoxy) is 1. The highest BCUT2D eigenvalue weighted by atomic mass is 19.3. The summed E-state index contributed by atoms with van der Waals surface area (Å²) in [5, 5.41) is 19.7. The second-order valence-electron chi connectivity index (χ2n) is 11.8. The van der Waals surface area contributed by atoms with Crippen LogP contribution >= 0.6 is 0 Å². The number of alkyl halides is 2. The Kier molecular flexibility index (Phi) is 6.16. The van der Waals surface area contributed by atoms with Crippen molar-refractivity contribution in [3.05, 3.63) is 88.5 Å². The van der Waals surface area contributed by atoms with E-state index >= 15 is 0 Å². The Morgan fingerprint density at radius 3 is 2.52 bits per heavy atom. The standard InChI is InChI=1S/C32H32F2N6O2/c1-18-7-8-20(11-19(18)2)14-36-30-37-27-24(5-4-6-26(27)42-3)29-38-28(39-40(29)30)22-12-21(13-22)25-10-9-23(15-35-25)31(41)16-32(33,34)17-31/h4-11,15,21-22,41H,12-14,16-17H2,1-3H3,(H,36,37). The van der Waals surface area contributed by atoms with E-state index in [1.165, 1.54) is 11.1 Å². The number of aryl methyl sites for hydroxylation is 2. The third kappa shape index (κ3) is 4.54. The highest BCUT2D eigenvalue weighted by molar-refractivity contribution is 5.96. The van der Waals surface area contributed by atoms with Crippen LogP contribution in [0.25, 0.3) is 16.6 Å². The lowest BCUT2D eigenvalue weighted by atomic mass is 9.71. The van der Waals surface area contributed by atoms with Crippen LogP contribution in [0.4, 0.5) is 14.7 Å². The summed E-state index contributed by atoms with van der Waals surface area (Å²) >= 11 is 0. The Balaban J connectivity index is 1.14. The molecule has 0 saturated heterocycles. The summed E-state index contributed by atoms with van der Waals surface area (Å²) in [6.45, 7) is 4.79. The van der Waals surface area contributed by atoms with E-state index in [2.05, 4.69) is 42.3 Å². The number of nitrogens with zero attached hydrogens (tertiary/aromatic N) is 5. The zero-order valence-electron chi connectivity index (χ0n) is 23.7. The maximum absolute atomic E-state index is 13.4. The number of aromatic nitrogens is 5. The molecule has 2 aliphatic rings. The van der Waals surface area contributed by atoms with Crippen LogP contribution in [0.3, 0.4) is 0 Å². The highest BCUT2D eigenvalue weighted by Gasteiger charge is 2.56. The zero-order valence-corrected chi connectivity index (χ0v) is 23.7. The first-order valence-corrected chi connectivity index (χ1v) is 14.2. The van der Waals surface area contributed by atoms with Crippen LogP contribution in [-0.2, 0) is 12.1 Å². The van der Waals surface area contributed by atoms with E-state index in [1.54, 1.807) is 23.9 Å². The summed E-state index contributed by atoms with van der Waals surface area (Å²) in [6, 6.07) is 15.8. The van der Waals surface area contributed by atoms with Crippen molar-refractivity contribution in [3.8, 4) is 5.75 Å². The number of aliphatic hydroxyl groups is 1. The molecule has 2 saturated carbocycles. The van der Waals surface area contributed by atoms with E-state index in [0.717, 1.165) is 40.8 Å². The molecule has 216 valence electrons. The van der Waals surface area contributed by atoms with Crippen LogP contribution in [0, 0.1) is 13.8 Å². The molecular weight excluding hydrogens is 538 g/mol. The van der Waals surface area contributed by atoms with Crippen LogP contribution in [0.2, 0.25) is 0 Å². The van der Waals surface area contributed by atoms with E-state index in [1.807, 2.05) is 24.3 Å². The van der Waals surface area contributed by atoms with Crippen LogP contribution in [0.15, 0.2) is 54.7 Å². The molecular formula is C32H32F2N6O2. The lowest BCUT2D eigenvalue weighted by molar-refractivity contribution is -0.210. The van der Waals surface area contributed by atoms with Crippen LogP contribution in [-0.4, -0.2) is 42.7 Å². The van der Waals surface area contributed by atoms with E-state index in [4.69, 9.17) is 19.8 Å². The van der Waals surface area contributed by atoms with Crippen molar-refractivity contribution in [1.29, 1.82) is 0 Å². The van der Waals surface area contributed by atoms with Crippen molar-refractivity contribution < 1.29 is 18.6 Å². The van der Waals surface area contributed by atoms with Gasteiger partial charge in [-0.2, -0.15) is 4.52 Å². The van der Waals surface area contributed by atoms with Gasteiger partial charge in [0.25, 0.3) is 5.92 Å². The summed E-state index contributed by atoms with van der Waals surface area (Å²) in [5.74, 6) is -0.435. The fourth-order valence-corrected chi connectivity index (χ4v) is 6.17. The number of anilines is 1. The van der Waals surface area contributed by atoms with Gasteiger partial charge in [-0.05, 0) is 61.6 Å². The van der Waals surface area contributed by atoms with Gasteiger partial charge in [0.05, 0.1) is 7.11 Å². The van der Waals surface area contributed by atoms with Crippen molar-refractivity contribution in [2.75, 3.05) is 12.4 Å². The van der Waals surface area contributed by atoms with Crippen molar-refractivity contribution in [3.63, 3.8) is 0 Å². The fourth-order valence-electron chi connectivity index (χ4n) is 6.17. The number of benzene rings is 2. The summed E-state index contributed by atoms with van der Waals surface area (Å²) in [5.41, 5.74) is 4.92. The molecule has 0 aliphatic heterocycles. The van der Waals surface area contributed by atoms with Gasteiger partial charge in [-0.1, -0.05) is 30.3 Å². The van der Waals surface area contributed by atoms with Gasteiger partial charge in [0, 0.05) is 54.1 Å².